The summed E-state index contributed by atoms with van der Waals surface area (Å²) in [7, 11) is -3.59. The first-order valence-corrected chi connectivity index (χ1v) is 21.8. The lowest BCUT2D eigenvalue weighted by atomic mass is 10.0. The van der Waals surface area contributed by atoms with Crippen LogP contribution in [0.3, 0.4) is 0 Å². The topological polar surface area (TPSA) is 23.6 Å². The van der Waals surface area contributed by atoms with Gasteiger partial charge in [0, 0.05) is 24.9 Å². The molecule has 0 aromatic heterocycles. The van der Waals surface area contributed by atoms with Crippen molar-refractivity contribution < 1.29 is 4.57 Å². The summed E-state index contributed by atoms with van der Waals surface area (Å²) in [6, 6.07) is 66.5. The number of para-hydroxylation sites is 4. The maximum atomic E-state index is 17.4. The van der Waals surface area contributed by atoms with Crippen LogP contribution in [0.2, 0.25) is 0 Å². The number of hydrogen-bond acceptors (Lipinski definition) is 5. The molecule has 0 spiro atoms. The van der Waals surface area contributed by atoms with Crippen LogP contribution in [0.5, 0.6) is 0 Å². The zero-order chi connectivity index (χ0) is 36.5. The molecule has 0 fully saturated rings. The van der Waals surface area contributed by atoms with E-state index in [0.717, 1.165) is 73.1 Å². The molecular formula is C49H33N2OPS2. The monoisotopic (exact) mass is 760 g/mol. The van der Waals surface area contributed by atoms with E-state index in [4.69, 9.17) is 0 Å². The predicted molar refractivity (Wildman–Crippen MR) is 232 cm³/mol. The SMILES string of the molecule is O=P1(c2cccc(Cc3ccccc3)c2)c2c(cccc2N2c3ccccc3Sc3ccccc32)-c2cccc(N3c4ccccc4Sc4ccccc43)c21. The molecule has 8 aromatic rings. The van der Waals surface area contributed by atoms with Crippen LogP contribution in [-0.4, -0.2) is 0 Å². The van der Waals surface area contributed by atoms with Crippen LogP contribution in [0.4, 0.5) is 34.1 Å². The second-order valence-electron chi connectivity index (χ2n) is 14.0. The summed E-state index contributed by atoms with van der Waals surface area (Å²) in [5.74, 6) is 0. The maximum absolute atomic E-state index is 17.4. The Kier molecular flexibility index (Phi) is 7.70. The first-order chi connectivity index (χ1) is 27.2. The molecule has 3 nitrogen and oxygen atoms in total. The molecule has 3 heterocycles. The van der Waals surface area contributed by atoms with Crippen LogP contribution in [0.25, 0.3) is 11.1 Å². The van der Waals surface area contributed by atoms with E-state index in [0.29, 0.717) is 0 Å². The Bertz CT molecular complexity index is 2630. The first-order valence-electron chi connectivity index (χ1n) is 18.5. The lowest BCUT2D eigenvalue weighted by Crippen LogP contribution is -2.29. The molecule has 3 aliphatic heterocycles. The Balaban J connectivity index is 1.21. The number of rotatable bonds is 5. The van der Waals surface area contributed by atoms with Crippen LogP contribution >= 0.6 is 30.7 Å². The Labute approximate surface area is 329 Å². The van der Waals surface area contributed by atoms with Gasteiger partial charge in [-0.25, -0.2) is 0 Å². The predicted octanol–water partition coefficient (Wildman–Crippen LogP) is 12.8. The lowest BCUT2D eigenvalue weighted by molar-refractivity contribution is 0.593. The summed E-state index contributed by atoms with van der Waals surface area (Å²) in [4.78, 5) is 9.41. The Morgan fingerprint density at radius 3 is 1.24 bits per heavy atom. The molecule has 55 heavy (non-hydrogen) atoms. The summed E-state index contributed by atoms with van der Waals surface area (Å²) in [5, 5.41) is 2.62. The number of fused-ring (bicyclic) bond motifs is 7. The second-order valence-corrected chi connectivity index (χ2v) is 18.8. The van der Waals surface area contributed by atoms with E-state index in [9.17, 15) is 0 Å². The van der Waals surface area contributed by atoms with Gasteiger partial charge in [-0.2, -0.15) is 0 Å². The highest BCUT2D eigenvalue weighted by atomic mass is 32.2. The summed E-state index contributed by atoms with van der Waals surface area (Å²) in [6.07, 6.45) is 0.756. The summed E-state index contributed by atoms with van der Waals surface area (Å²) < 4.78 is 17.4. The highest BCUT2D eigenvalue weighted by molar-refractivity contribution is 8.00. The average molecular weight is 761 g/mol. The summed E-state index contributed by atoms with van der Waals surface area (Å²) in [6.45, 7) is 0. The largest absolute Gasteiger partial charge is 0.308 e. The Morgan fingerprint density at radius 1 is 0.382 bits per heavy atom. The molecule has 262 valence electrons. The third-order valence-corrected chi connectivity index (χ3v) is 16.3. The van der Waals surface area contributed by atoms with Gasteiger partial charge >= 0.3 is 0 Å². The van der Waals surface area contributed by atoms with E-state index in [2.05, 4.69) is 198 Å². The van der Waals surface area contributed by atoms with Crippen LogP contribution in [-0.2, 0) is 11.0 Å². The van der Waals surface area contributed by atoms with E-state index < -0.39 is 7.14 Å². The van der Waals surface area contributed by atoms with Crippen molar-refractivity contribution in [1.82, 2.24) is 0 Å². The third kappa shape index (κ3) is 5.11. The second kappa shape index (κ2) is 13.0. The molecule has 0 amide bonds. The summed E-state index contributed by atoms with van der Waals surface area (Å²) >= 11 is 3.58. The van der Waals surface area contributed by atoms with Gasteiger partial charge in [0.25, 0.3) is 0 Å². The molecule has 0 bridgehead atoms. The van der Waals surface area contributed by atoms with Crippen molar-refractivity contribution in [3.8, 4) is 11.1 Å². The molecule has 6 heteroatoms. The van der Waals surface area contributed by atoms with Gasteiger partial charge in [0.15, 0.2) is 7.14 Å². The minimum Gasteiger partial charge on any atom is -0.308 e. The molecule has 0 saturated heterocycles. The van der Waals surface area contributed by atoms with Crippen LogP contribution in [0, 0.1) is 0 Å². The number of benzene rings is 8. The van der Waals surface area contributed by atoms with Gasteiger partial charge in [-0.05, 0) is 95.4 Å². The Hall–Kier alpha value is -5.71. The molecule has 0 unspecified atom stereocenters. The highest BCUT2D eigenvalue weighted by Gasteiger charge is 2.47. The zero-order valence-corrected chi connectivity index (χ0v) is 32.2. The van der Waals surface area contributed by atoms with Crippen LogP contribution < -0.4 is 25.7 Å². The molecule has 0 atom stereocenters. The van der Waals surface area contributed by atoms with Gasteiger partial charge in [-0.15, -0.1) is 0 Å². The van der Waals surface area contributed by atoms with Crippen LogP contribution in [0.15, 0.2) is 208 Å². The van der Waals surface area contributed by atoms with E-state index in [-0.39, 0.29) is 0 Å². The smallest absolute Gasteiger partial charge is 0.176 e. The van der Waals surface area contributed by atoms with Gasteiger partial charge in [0.1, 0.15) is 0 Å². The summed E-state index contributed by atoms with van der Waals surface area (Å²) in [5.41, 5.74) is 10.7. The number of anilines is 6. The van der Waals surface area contributed by atoms with Crippen molar-refractivity contribution in [2.24, 2.45) is 0 Å². The first kappa shape index (κ1) is 32.7. The van der Waals surface area contributed by atoms with Crippen molar-refractivity contribution >= 4 is 80.7 Å². The zero-order valence-electron chi connectivity index (χ0n) is 29.7. The van der Waals surface area contributed by atoms with Crippen molar-refractivity contribution in [1.29, 1.82) is 0 Å². The molecule has 11 rings (SSSR count). The van der Waals surface area contributed by atoms with Crippen molar-refractivity contribution in [2.75, 3.05) is 9.80 Å². The van der Waals surface area contributed by atoms with Crippen LogP contribution in [0.1, 0.15) is 11.1 Å². The van der Waals surface area contributed by atoms with E-state index in [1.807, 2.05) is 0 Å². The average Bonchev–Trinajstić information content (AvgIpc) is 3.51. The van der Waals surface area contributed by atoms with Crippen molar-refractivity contribution in [3.63, 3.8) is 0 Å². The van der Waals surface area contributed by atoms with Crippen molar-refractivity contribution in [3.05, 3.63) is 199 Å². The van der Waals surface area contributed by atoms with Gasteiger partial charge in [-0.1, -0.05) is 145 Å². The minimum absolute atomic E-state index is 0.756. The van der Waals surface area contributed by atoms with Gasteiger partial charge in [0.2, 0.25) is 0 Å². The standard InChI is InChI=1S/C49H33N2OPS2/c52-53(35-18-12-17-34(32-35)31-33-15-2-1-3-16-33)48-36(19-13-25-42(48)50-38-21-4-8-27-44(38)54-45-28-9-5-22-39(45)50)37-20-14-26-43(49(37)53)51-40-23-6-10-29-46(40)55-47-30-11-7-24-41(47)51/h1-30,32H,31H2. The number of nitrogens with zero attached hydrogens (tertiary/aromatic N) is 2. The van der Waals surface area contributed by atoms with E-state index in [1.54, 1.807) is 23.5 Å². The molecular weight excluding hydrogens is 728 g/mol. The molecule has 0 radical (unpaired) electrons. The lowest BCUT2D eigenvalue weighted by Gasteiger charge is -2.36. The fourth-order valence-electron chi connectivity index (χ4n) is 8.51. The fraction of sp³-hybridized carbons (Fsp3) is 0.0204. The molecule has 0 N–H and O–H groups in total. The minimum atomic E-state index is -3.59. The van der Waals surface area contributed by atoms with Gasteiger partial charge in [-0.3, -0.25) is 0 Å². The normalized spacial score (nSPS) is 14.3. The molecule has 0 saturated carbocycles. The number of hydrogen-bond donors (Lipinski definition) is 0. The molecule has 0 aliphatic carbocycles. The fourth-order valence-corrected chi connectivity index (χ4v) is 14.1. The maximum Gasteiger partial charge on any atom is 0.176 e. The molecule has 3 aliphatic rings. The van der Waals surface area contributed by atoms with E-state index in [1.165, 1.54) is 25.1 Å². The van der Waals surface area contributed by atoms with Gasteiger partial charge < -0.3 is 14.4 Å². The van der Waals surface area contributed by atoms with Gasteiger partial charge in [0.05, 0.1) is 44.7 Å². The van der Waals surface area contributed by atoms with E-state index >= 15 is 4.57 Å². The van der Waals surface area contributed by atoms with Crippen molar-refractivity contribution in [2.45, 2.75) is 26.0 Å². The third-order valence-electron chi connectivity index (χ3n) is 10.8. The quantitative estimate of drug-likeness (QED) is 0.163. The highest BCUT2D eigenvalue weighted by Crippen LogP contribution is 2.61. The Morgan fingerprint density at radius 2 is 0.764 bits per heavy atom. The molecule has 8 aromatic carbocycles.